The first kappa shape index (κ1) is 17.6. The molecule has 0 saturated heterocycles. The molecule has 0 fully saturated rings. The van der Waals surface area contributed by atoms with Gasteiger partial charge in [-0.15, -0.1) is 0 Å². The minimum atomic E-state index is -0.900. The van der Waals surface area contributed by atoms with E-state index in [1.807, 2.05) is 0 Å². The second-order valence-corrected chi connectivity index (χ2v) is 5.35. The fourth-order valence-electron chi connectivity index (χ4n) is 2.30. The van der Waals surface area contributed by atoms with Crippen molar-refractivity contribution >= 4 is 5.91 Å². The summed E-state index contributed by atoms with van der Waals surface area (Å²) in [6.45, 7) is 4.47. The molecular formula is C16H24F2N2O. The molecular weight excluding hydrogens is 274 g/mol. The number of halogens is 2. The van der Waals surface area contributed by atoms with E-state index >= 15 is 0 Å². The van der Waals surface area contributed by atoms with Gasteiger partial charge in [-0.3, -0.25) is 4.79 Å². The quantitative estimate of drug-likeness (QED) is 0.773. The van der Waals surface area contributed by atoms with Gasteiger partial charge in [-0.05, 0) is 49.9 Å². The molecule has 0 aliphatic heterocycles. The molecule has 3 N–H and O–H groups in total. The van der Waals surface area contributed by atoms with E-state index in [-0.39, 0.29) is 11.9 Å². The maximum absolute atomic E-state index is 13.2. The highest BCUT2D eigenvalue weighted by atomic mass is 19.2. The number of rotatable bonds is 8. The lowest BCUT2D eigenvalue weighted by molar-refractivity contribution is -0.122. The van der Waals surface area contributed by atoms with Crippen LogP contribution in [0.1, 0.15) is 51.1 Å². The molecule has 118 valence electrons. The standard InChI is InChI=1S/C16H24F2N2O/c1-3-12(8-9-19)4-7-16(21)20-11(2)13-5-6-14(17)15(18)10-13/h5-6,10-12H,3-4,7-9,19H2,1-2H3,(H,20,21). The molecule has 2 unspecified atom stereocenters. The Labute approximate surface area is 124 Å². The molecule has 0 spiro atoms. The van der Waals surface area contributed by atoms with Gasteiger partial charge >= 0.3 is 0 Å². The van der Waals surface area contributed by atoms with Gasteiger partial charge in [0.1, 0.15) is 0 Å². The van der Waals surface area contributed by atoms with Crippen LogP contribution in [0.25, 0.3) is 0 Å². The smallest absolute Gasteiger partial charge is 0.220 e. The van der Waals surface area contributed by atoms with Crippen LogP contribution in [-0.2, 0) is 4.79 Å². The Morgan fingerprint density at radius 2 is 2.00 bits per heavy atom. The molecule has 1 aromatic carbocycles. The van der Waals surface area contributed by atoms with Crippen molar-refractivity contribution in [3.05, 3.63) is 35.4 Å². The molecule has 1 amide bonds. The van der Waals surface area contributed by atoms with Crippen LogP contribution in [0.4, 0.5) is 8.78 Å². The fraction of sp³-hybridized carbons (Fsp3) is 0.562. The summed E-state index contributed by atoms with van der Waals surface area (Å²) in [5, 5.41) is 2.81. The van der Waals surface area contributed by atoms with Crippen molar-refractivity contribution in [2.75, 3.05) is 6.54 Å². The van der Waals surface area contributed by atoms with E-state index in [4.69, 9.17) is 5.73 Å². The van der Waals surface area contributed by atoms with E-state index in [1.165, 1.54) is 6.07 Å². The van der Waals surface area contributed by atoms with Crippen molar-refractivity contribution in [3.63, 3.8) is 0 Å². The molecule has 0 aliphatic carbocycles. The van der Waals surface area contributed by atoms with Crippen LogP contribution in [0.2, 0.25) is 0 Å². The largest absolute Gasteiger partial charge is 0.350 e. The summed E-state index contributed by atoms with van der Waals surface area (Å²) >= 11 is 0. The number of carbonyl (C=O) groups excluding carboxylic acids is 1. The number of nitrogens with one attached hydrogen (secondary N) is 1. The zero-order valence-electron chi connectivity index (χ0n) is 12.7. The van der Waals surface area contributed by atoms with E-state index in [1.54, 1.807) is 6.92 Å². The van der Waals surface area contributed by atoms with Gasteiger partial charge in [-0.2, -0.15) is 0 Å². The third-order valence-electron chi connectivity index (χ3n) is 3.75. The SMILES string of the molecule is CCC(CCN)CCC(=O)NC(C)c1ccc(F)c(F)c1. The number of hydrogen-bond donors (Lipinski definition) is 2. The van der Waals surface area contributed by atoms with Gasteiger partial charge in [-0.1, -0.05) is 19.4 Å². The molecule has 2 atom stereocenters. The Kier molecular flexibility index (Phi) is 7.29. The highest BCUT2D eigenvalue weighted by molar-refractivity contribution is 5.76. The van der Waals surface area contributed by atoms with Gasteiger partial charge < -0.3 is 11.1 Å². The van der Waals surface area contributed by atoms with E-state index in [2.05, 4.69) is 12.2 Å². The van der Waals surface area contributed by atoms with Crippen molar-refractivity contribution in [2.45, 2.75) is 45.6 Å². The lowest BCUT2D eigenvalue weighted by Gasteiger charge is -2.17. The van der Waals surface area contributed by atoms with Crippen LogP contribution in [-0.4, -0.2) is 12.5 Å². The third kappa shape index (κ3) is 5.79. The maximum Gasteiger partial charge on any atom is 0.220 e. The molecule has 5 heteroatoms. The first-order chi connectivity index (χ1) is 9.97. The summed E-state index contributed by atoms with van der Waals surface area (Å²) < 4.78 is 26.0. The van der Waals surface area contributed by atoms with Crippen LogP contribution in [0.3, 0.4) is 0 Å². The summed E-state index contributed by atoms with van der Waals surface area (Å²) in [6, 6.07) is 3.32. The normalized spacial score (nSPS) is 13.8. The predicted octanol–water partition coefficient (Wildman–Crippen LogP) is 3.30. The fourth-order valence-corrected chi connectivity index (χ4v) is 2.30. The van der Waals surface area contributed by atoms with E-state index in [9.17, 15) is 13.6 Å². The van der Waals surface area contributed by atoms with Crippen molar-refractivity contribution < 1.29 is 13.6 Å². The van der Waals surface area contributed by atoms with Gasteiger partial charge in [0.25, 0.3) is 0 Å². The molecule has 0 aliphatic rings. The Bertz CT molecular complexity index is 466. The van der Waals surface area contributed by atoms with E-state index in [0.717, 1.165) is 31.4 Å². The molecule has 1 rings (SSSR count). The summed E-state index contributed by atoms with van der Waals surface area (Å²) in [4.78, 5) is 11.9. The summed E-state index contributed by atoms with van der Waals surface area (Å²) in [6.07, 6.45) is 3.14. The lowest BCUT2D eigenvalue weighted by Crippen LogP contribution is -2.27. The molecule has 3 nitrogen and oxygen atoms in total. The molecule has 0 bridgehead atoms. The van der Waals surface area contributed by atoms with Gasteiger partial charge in [0.2, 0.25) is 5.91 Å². The van der Waals surface area contributed by atoms with Crippen molar-refractivity contribution in [3.8, 4) is 0 Å². The minimum absolute atomic E-state index is 0.0808. The molecule has 21 heavy (non-hydrogen) atoms. The third-order valence-corrected chi connectivity index (χ3v) is 3.75. The van der Waals surface area contributed by atoms with E-state index in [0.29, 0.717) is 24.4 Å². The van der Waals surface area contributed by atoms with Crippen molar-refractivity contribution in [1.29, 1.82) is 0 Å². The number of carbonyl (C=O) groups is 1. The van der Waals surface area contributed by atoms with Crippen LogP contribution in [0.5, 0.6) is 0 Å². The summed E-state index contributed by atoms with van der Waals surface area (Å²) in [5.41, 5.74) is 6.08. The number of benzene rings is 1. The number of hydrogen-bond acceptors (Lipinski definition) is 2. The molecule has 0 radical (unpaired) electrons. The van der Waals surface area contributed by atoms with Crippen LogP contribution < -0.4 is 11.1 Å². The van der Waals surface area contributed by atoms with Crippen LogP contribution >= 0.6 is 0 Å². The Morgan fingerprint density at radius 3 is 2.57 bits per heavy atom. The highest BCUT2D eigenvalue weighted by Gasteiger charge is 2.13. The van der Waals surface area contributed by atoms with E-state index < -0.39 is 11.6 Å². The van der Waals surface area contributed by atoms with Gasteiger partial charge in [0.15, 0.2) is 11.6 Å². The predicted molar refractivity (Wildman–Crippen MR) is 79.6 cm³/mol. The first-order valence-electron chi connectivity index (χ1n) is 7.42. The zero-order valence-corrected chi connectivity index (χ0v) is 12.7. The molecule has 0 aromatic heterocycles. The highest BCUT2D eigenvalue weighted by Crippen LogP contribution is 2.18. The van der Waals surface area contributed by atoms with Gasteiger partial charge in [0.05, 0.1) is 6.04 Å². The Morgan fingerprint density at radius 1 is 1.29 bits per heavy atom. The second-order valence-electron chi connectivity index (χ2n) is 5.35. The Hall–Kier alpha value is -1.49. The minimum Gasteiger partial charge on any atom is -0.350 e. The average Bonchev–Trinajstić information content (AvgIpc) is 2.46. The first-order valence-corrected chi connectivity index (χ1v) is 7.42. The van der Waals surface area contributed by atoms with Gasteiger partial charge in [0, 0.05) is 6.42 Å². The lowest BCUT2D eigenvalue weighted by atomic mass is 9.96. The summed E-state index contributed by atoms with van der Waals surface area (Å²) in [7, 11) is 0. The monoisotopic (exact) mass is 298 g/mol. The van der Waals surface area contributed by atoms with Crippen LogP contribution in [0.15, 0.2) is 18.2 Å². The molecule has 0 heterocycles. The molecule has 1 aromatic rings. The summed E-state index contributed by atoms with van der Waals surface area (Å²) in [5.74, 6) is -1.41. The number of nitrogens with two attached hydrogens (primary N) is 1. The van der Waals surface area contributed by atoms with Gasteiger partial charge in [-0.25, -0.2) is 8.78 Å². The Balaban J connectivity index is 2.48. The maximum atomic E-state index is 13.2. The van der Waals surface area contributed by atoms with Crippen LogP contribution in [0, 0.1) is 17.6 Å². The van der Waals surface area contributed by atoms with Crippen molar-refractivity contribution in [2.24, 2.45) is 11.7 Å². The number of amides is 1. The van der Waals surface area contributed by atoms with Crippen molar-refractivity contribution in [1.82, 2.24) is 5.32 Å². The average molecular weight is 298 g/mol. The second kappa shape index (κ2) is 8.72. The molecule has 0 saturated carbocycles. The zero-order chi connectivity index (χ0) is 15.8. The topological polar surface area (TPSA) is 55.1 Å².